The fourth-order valence-electron chi connectivity index (χ4n) is 2.96. The third kappa shape index (κ3) is 2.20. The van der Waals surface area contributed by atoms with E-state index >= 15 is 0 Å². The molecule has 1 aliphatic heterocycles. The zero-order valence-electron chi connectivity index (χ0n) is 9.69. The fraction of sp³-hybridized carbons (Fsp3) is 0.833. The molecule has 1 heterocycles. The molecule has 4 nitrogen and oxygen atoms in total. The number of carboxylic acid groups (broad SMARTS) is 1. The monoisotopic (exact) mass is 225 g/mol. The molecule has 0 radical (unpaired) electrons. The van der Waals surface area contributed by atoms with E-state index in [9.17, 15) is 9.59 Å². The van der Waals surface area contributed by atoms with Crippen LogP contribution in [-0.4, -0.2) is 34.5 Å². The van der Waals surface area contributed by atoms with Gasteiger partial charge in [0.15, 0.2) is 0 Å². The number of rotatable bonds is 4. The van der Waals surface area contributed by atoms with Gasteiger partial charge in [-0.05, 0) is 38.0 Å². The third-order valence-corrected chi connectivity index (χ3v) is 3.77. The normalized spacial score (nSPS) is 30.6. The number of amides is 1. The number of nitrogens with zero attached hydrogens (tertiary/aromatic N) is 1. The van der Waals surface area contributed by atoms with Crippen molar-refractivity contribution in [3.63, 3.8) is 0 Å². The molecule has 1 aliphatic carbocycles. The molecule has 16 heavy (non-hydrogen) atoms. The van der Waals surface area contributed by atoms with Crippen molar-refractivity contribution < 1.29 is 14.7 Å². The number of piperidine rings is 1. The maximum absolute atomic E-state index is 11.8. The summed E-state index contributed by atoms with van der Waals surface area (Å²) in [6.45, 7) is 2.70. The van der Waals surface area contributed by atoms with Crippen molar-refractivity contribution in [2.24, 2.45) is 11.8 Å². The van der Waals surface area contributed by atoms with Gasteiger partial charge in [0, 0.05) is 19.0 Å². The van der Waals surface area contributed by atoms with Gasteiger partial charge in [-0.25, -0.2) is 0 Å². The molecular weight excluding hydrogens is 206 g/mol. The molecule has 1 saturated carbocycles. The Morgan fingerprint density at radius 3 is 2.62 bits per heavy atom. The zero-order chi connectivity index (χ0) is 11.7. The van der Waals surface area contributed by atoms with Crippen LogP contribution < -0.4 is 0 Å². The Morgan fingerprint density at radius 1 is 1.44 bits per heavy atom. The molecule has 0 unspecified atom stereocenters. The summed E-state index contributed by atoms with van der Waals surface area (Å²) in [5.41, 5.74) is 0. The lowest BCUT2D eigenvalue weighted by atomic mass is 9.83. The molecule has 2 rings (SSSR count). The number of likely N-dealkylation sites (tertiary alicyclic amines) is 1. The lowest BCUT2D eigenvalue weighted by Gasteiger charge is -2.40. The molecule has 0 aromatic heterocycles. The molecule has 2 fully saturated rings. The number of hydrogen-bond donors (Lipinski definition) is 1. The minimum atomic E-state index is -0.735. The first-order valence-corrected chi connectivity index (χ1v) is 6.14. The van der Waals surface area contributed by atoms with Crippen molar-refractivity contribution in [2.75, 3.05) is 6.54 Å². The Kier molecular flexibility index (Phi) is 3.17. The zero-order valence-corrected chi connectivity index (χ0v) is 9.69. The molecule has 1 N–H and O–H groups in total. The number of carbonyl (C=O) groups excluding carboxylic acids is 1. The van der Waals surface area contributed by atoms with Gasteiger partial charge in [0.2, 0.25) is 5.91 Å². The maximum atomic E-state index is 11.8. The molecule has 90 valence electrons. The first-order valence-electron chi connectivity index (χ1n) is 6.14. The Morgan fingerprint density at radius 2 is 2.12 bits per heavy atom. The standard InChI is InChI=1S/C12H19NO3/c1-2-13-10(14)6-5-9(7-11(15)16)12(13)8-3-4-8/h8-9,12H,2-7H2,1H3,(H,15,16)/t9-,12-/m1/s1. The highest BCUT2D eigenvalue weighted by Crippen LogP contribution is 2.43. The fourth-order valence-corrected chi connectivity index (χ4v) is 2.96. The molecule has 0 bridgehead atoms. The molecule has 2 atom stereocenters. The summed E-state index contributed by atoms with van der Waals surface area (Å²) < 4.78 is 0. The summed E-state index contributed by atoms with van der Waals surface area (Å²) in [6, 6.07) is 0.197. The Labute approximate surface area is 95.6 Å². The van der Waals surface area contributed by atoms with Crippen molar-refractivity contribution in [1.29, 1.82) is 0 Å². The van der Waals surface area contributed by atoms with Crippen molar-refractivity contribution in [1.82, 2.24) is 4.90 Å². The van der Waals surface area contributed by atoms with Crippen molar-refractivity contribution in [3.8, 4) is 0 Å². The molecule has 2 aliphatic rings. The number of carbonyl (C=O) groups is 2. The molecular formula is C12H19NO3. The van der Waals surface area contributed by atoms with Gasteiger partial charge in [0.25, 0.3) is 0 Å². The second kappa shape index (κ2) is 4.44. The average Bonchev–Trinajstić information content (AvgIpc) is 3.03. The molecule has 1 saturated heterocycles. The van der Waals surface area contributed by atoms with Gasteiger partial charge in [-0.3, -0.25) is 9.59 Å². The highest BCUT2D eigenvalue weighted by atomic mass is 16.4. The minimum Gasteiger partial charge on any atom is -0.481 e. The van der Waals surface area contributed by atoms with Crippen LogP contribution in [0.2, 0.25) is 0 Å². The second-order valence-corrected chi connectivity index (χ2v) is 4.90. The van der Waals surface area contributed by atoms with E-state index < -0.39 is 5.97 Å². The first kappa shape index (κ1) is 11.4. The van der Waals surface area contributed by atoms with Gasteiger partial charge in [0.05, 0.1) is 6.42 Å². The van der Waals surface area contributed by atoms with Gasteiger partial charge in [0.1, 0.15) is 0 Å². The predicted molar refractivity (Wildman–Crippen MR) is 58.9 cm³/mol. The molecule has 4 heteroatoms. The van der Waals surface area contributed by atoms with Crippen LogP contribution in [0, 0.1) is 11.8 Å². The molecule has 0 spiro atoms. The Hall–Kier alpha value is -1.06. The average molecular weight is 225 g/mol. The summed E-state index contributed by atoms with van der Waals surface area (Å²) in [7, 11) is 0. The van der Waals surface area contributed by atoms with Crippen LogP contribution in [0.4, 0.5) is 0 Å². The van der Waals surface area contributed by atoms with Crippen LogP contribution in [0.3, 0.4) is 0 Å². The van der Waals surface area contributed by atoms with Gasteiger partial charge < -0.3 is 10.0 Å². The van der Waals surface area contributed by atoms with E-state index in [0.717, 1.165) is 25.8 Å². The van der Waals surface area contributed by atoms with E-state index in [4.69, 9.17) is 5.11 Å². The van der Waals surface area contributed by atoms with Gasteiger partial charge in [-0.1, -0.05) is 0 Å². The van der Waals surface area contributed by atoms with Crippen LogP contribution >= 0.6 is 0 Å². The van der Waals surface area contributed by atoms with E-state index in [2.05, 4.69) is 0 Å². The van der Waals surface area contributed by atoms with E-state index in [0.29, 0.717) is 12.3 Å². The summed E-state index contributed by atoms with van der Waals surface area (Å²) in [4.78, 5) is 24.5. The van der Waals surface area contributed by atoms with Crippen LogP contribution in [0.15, 0.2) is 0 Å². The second-order valence-electron chi connectivity index (χ2n) is 4.90. The van der Waals surface area contributed by atoms with E-state index in [1.807, 2.05) is 11.8 Å². The lowest BCUT2D eigenvalue weighted by Crippen LogP contribution is -2.50. The maximum Gasteiger partial charge on any atom is 0.303 e. The predicted octanol–water partition coefficient (Wildman–Crippen LogP) is 1.50. The van der Waals surface area contributed by atoms with Gasteiger partial charge in [-0.2, -0.15) is 0 Å². The van der Waals surface area contributed by atoms with E-state index in [1.165, 1.54) is 0 Å². The molecule has 0 aromatic rings. The summed E-state index contributed by atoms with van der Waals surface area (Å²) in [6.07, 6.45) is 3.80. The topological polar surface area (TPSA) is 57.6 Å². The largest absolute Gasteiger partial charge is 0.481 e. The summed E-state index contributed by atoms with van der Waals surface area (Å²) >= 11 is 0. The van der Waals surface area contributed by atoms with E-state index in [1.54, 1.807) is 0 Å². The van der Waals surface area contributed by atoms with Gasteiger partial charge in [-0.15, -0.1) is 0 Å². The van der Waals surface area contributed by atoms with Crippen LogP contribution in [0.5, 0.6) is 0 Å². The number of hydrogen-bond acceptors (Lipinski definition) is 2. The molecule has 1 amide bonds. The van der Waals surface area contributed by atoms with Gasteiger partial charge >= 0.3 is 5.97 Å². The van der Waals surface area contributed by atoms with Crippen molar-refractivity contribution in [3.05, 3.63) is 0 Å². The summed E-state index contributed by atoms with van der Waals surface area (Å²) in [5, 5.41) is 8.91. The van der Waals surface area contributed by atoms with Crippen LogP contribution in [0.1, 0.15) is 39.0 Å². The van der Waals surface area contributed by atoms with Crippen LogP contribution in [-0.2, 0) is 9.59 Å². The number of carboxylic acids is 1. The molecule has 0 aromatic carbocycles. The quantitative estimate of drug-likeness (QED) is 0.788. The summed E-state index contributed by atoms with van der Waals surface area (Å²) in [5.74, 6) is 0.207. The smallest absolute Gasteiger partial charge is 0.303 e. The minimum absolute atomic E-state index is 0.169. The Bertz CT molecular complexity index is 299. The SMILES string of the molecule is CCN1C(=O)CC[C@H](CC(=O)O)[C@H]1C1CC1. The number of aliphatic carboxylic acids is 1. The third-order valence-electron chi connectivity index (χ3n) is 3.77. The Balaban J connectivity index is 2.11. The van der Waals surface area contributed by atoms with Crippen molar-refractivity contribution >= 4 is 11.9 Å². The van der Waals surface area contributed by atoms with Crippen LogP contribution in [0.25, 0.3) is 0 Å². The first-order chi connectivity index (χ1) is 7.63. The highest BCUT2D eigenvalue weighted by molar-refractivity contribution is 5.78. The highest BCUT2D eigenvalue weighted by Gasteiger charge is 2.44. The van der Waals surface area contributed by atoms with Crippen molar-refractivity contribution in [2.45, 2.75) is 45.1 Å². The lowest BCUT2D eigenvalue weighted by molar-refractivity contribution is -0.145. The van der Waals surface area contributed by atoms with E-state index in [-0.39, 0.29) is 24.3 Å².